The van der Waals surface area contributed by atoms with Crippen molar-refractivity contribution in [1.82, 2.24) is 9.78 Å². The van der Waals surface area contributed by atoms with Crippen LogP contribution in [0.2, 0.25) is 0 Å². The standard InChI is InChI=1S/C15H23N3O3/c1-4-10(2)18-13(8-9-16-18)17-14(19)11-6-5-7-12(11)15(20)21-3/h8-12H,4-7H2,1-3H3,(H,17,19). The van der Waals surface area contributed by atoms with E-state index in [4.69, 9.17) is 4.74 Å². The molecular formula is C15H23N3O3. The number of anilines is 1. The van der Waals surface area contributed by atoms with Crippen LogP contribution in [0.5, 0.6) is 0 Å². The van der Waals surface area contributed by atoms with Crippen molar-refractivity contribution >= 4 is 17.7 Å². The first-order chi connectivity index (χ1) is 10.1. The normalized spacial score (nSPS) is 22.8. The lowest BCUT2D eigenvalue weighted by Crippen LogP contribution is -2.31. The minimum Gasteiger partial charge on any atom is -0.469 e. The molecule has 1 amide bonds. The molecule has 3 unspecified atom stereocenters. The van der Waals surface area contributed by atoms with Crippen molar-refractivity contribution in [2.24, 2.45) is 11.8 Å². The molecule has 6 nitrogen and oxygen atoms in total. The molecule has 0 spiro atoms. The number of methoxy groups -OCH3 is 1. The second kappa shape index (κ2) is 6.74. The molecule has 0 aromatic carbocycles. The van der Waals surface area contributed by atoms with Crippen molar-refractivity contribution in [3.05, 3.63) is 12.3 Å². The Hall–Kier alpha value is -1.85. The van der Waals surface area contributed by atoms with Gasteiger partial charge in [-0.3, -0.25) is 9.59 Å². The summed E-state index contributed by atoms with van der Waals surface area (Å²) in [5.74, 6) is -0.353. The Morgan fingerprint density at radius 1 is 1.48 bits per heavy atom. The zero-order chi connectivity index (χ0) is 15.4. The van der Waals surface area contributed by atoms with Crippen LogP contribution in [-0.2, 0) is 14.3 Å². The molecule has 1 heterocycles. The van der Waals surface area contributed by atoms with Crippen LogP contribution < -0.4 is 5.32 Å². The molecule has 1 saturated carbocycles. The topological polar surface area (TPSA) is 73.2 Å². The van der Waals surface area contributed by atoms with Gasteiger partial charge < -0.3 is 10.1 Å². The maximum atomic E-state index is 12.4. The van der Waals surface area contributed by atoms with E-state index in [-0.39, 0.29) is 29.8 Å². The van der Waals surface area contributed by atoms with Crippen molar-refractivity contribution in [2.75, 3.05) is 12.4 Å². The third kappa shape index (κ3) is 3.25. The molecular weight excluding hydrogens is 270 g/mol. The molecule has 6 heteroatoms. The zero-order valence-electron chi connectivity index (χ0n) is 12.8. The van der Waals surface area contributed by atoms with E-state index in [0.717, 1.165) is 25.7 Å². The van der Waals surface area contributed by atoms with Crippen LogP contribution in [0.4, 0.5) is 5.82 Å². The predicted molar refractivity (Wildman–Crippen MR) is 78.7 cm³/mol. The fraction of sp³-hybridized carbons (Fsp3) is 0.667. The van der Waals surface area contributed by atoms with E-state index in [0.29, 0.717) is 5.82 Å². The van der Waals surface area contributed by atoms with Gasteiger partial charge in [0.1, 0.15) is 5.82 Å². The van der Waals surface area contributed by atoms with Crippen molar-refractivity contribution < 1.29 is 14.3 Å². The van der Waals surface area contributed by atoms with Crippen molar-refractivity contribution in [2.45, 2.75) is 45.6 Å². The van der Waals surface area contributed by atoms with Crippen LogP contribution in [0.15, 0.2) is 12.3 Å². The number of carbonyl (C=O) groups excluding carboxylic acids is 2. The van der Waals surface area contributed by atoms with Crippen molar-refractivity contribution in [3.8, 4) is 0 Å². The maximum absolute atomic E-state index is 12.4. The monoisotopic (exact) mass is 293 g/mol. The number of ether oxygens (including phenoxy) is 1. The fourth-order valence-electron chi connectivity index (χ4n) is 2.86. The highest BCUT2D eigenvalue weighted by Crippen LogP contribution is 2.33. The van der Waals surface area contributed by atoms with Gasteiger partial charge in [0.2, 0.25) is 5.91 Å². The first kappa shape index (κ1) is 15.5. The van der Waals surface area contributed by atoms with Gasteiger partial charge in [0.05, 0.1) is 31.2 Å². The summed E-state index contributed by atoms with van der Waals surface area (Å²) < 4.78 is 6.60. The molecule has 3 atom stereocenters. The van der Waals surface area contributed by atoms with Gasteiger partial charge in [0.15, 0.2) is 0 Å². The summed E-state index contributed by atoms with van der Waals surface area (Å²) in [6, 6.07) is 2.00. The molecule has 0 aliphatic heterocycles. The lowest BCUT2D eigenvalue weighted by Gasteiger charge is -2.19. The molecule has 1 aliphatic rings. The summed E-state index contributed by atoms with van der Waals surface area (Å²) in [4.78, 5) is 24.2. The molecule has 2 rings (SSSR count). The average molecular weight is 293 g/mol. The SMILES string of the molecule is CCC(C)n1nccc1NC(=O)C1CCCC1C(=O)OC. The lowest BCUT2D eigenvalue weighted by atomic mass is 9.95. The molecule has 0 bridgehead atoms. The van der Waals surface area contributed by atoms with Gasteiger partial charge >= 0.3 is 5.97 Å². The molecule has 1 aromatic rings. The fourth-order valence-corrected chi connectivity index (χ4v) is 2.86. The molecule has 21 heavy (non-hydrogen) atoms. The van der Waals surface area contributed by atoms with Gasteiger partial charge in [0.25, 0.3) is 0 Å². The minimum atomic E-state index is -0.324. The predicted octanol–water partition coefficient (Wildman–Crippen LogP) is 2.38. The van der Waals surface area contributed by atoms with E-state index in [1.165, 1.54) is 7.11 Å². The van der Waals surface area contributed by atoms with Gasteiger partial charge in [-0.1, -0.05) is 13.3 Å². The highest BCUT2D eigenvalue weighted by atomic mass is 16.5. The second-order valence-corrected chi connectivity index (χ2v) is 5.57. The Balaban J connectivity index is 2.08. The van der Waals surface area contributed by atoms with E-state index in [1.807, 2.05) is 0 Å². The highest BCUT2D eigenvalue weighted by Gasteiger charge is 2.38. The number of nitrogens with one attached hydrogen (secondary N) is 1. The largest absolute Gasteiger partial charge is 0.469 e. The summed E-state index contributed by atoms with van der Waals surface area (Å²) in [7, 11) is 1.37. The van der Waals surface area contributed by atoms with Crippen LogP contribution >= 0.6 is 0 Å². The quantitative estimate of drug-likeness (QED) is 0.846. The number of aromatic nitrogens is 2. The molecule has 1 aromatic heterocycles. The van der Waals surface area contributed by atoms with E-state index >= 15 is 0 Å². The summed E-state index contributed by atoms with van der Waals surface area (Å²) in [5.41, 5.74) is 0. The molecule has 0 saturated heterocycles. The smallest absolute Gasteiger partial charge is 0.309 e. The molecule has 1 N–H and O–H groups in total. The molecule has 116 valence electrons. The number of esters is 1. The van der Waals surface area contributed by atoms with Crippen LogP contribution in [0.3, 0.4) is 0 Å². The number of amides is 1. The number of carbonyl (C=O) groups is 2. The summed E-state index contributed by atoms with van der Waals surface area (Å²) >= 11 is 0. The Kier molecular flexibility index (Phi) is 4.98. The van der Waals surface area contributed by atoms with Gasteiger partial charge in [-0.25, -0.2) is 4.68 Å². The van der Waals surface area contributed by atoms with Gasteiger partial charge in [0, 0.05) is 6.07 Å². The summed E-state index contributed by atoms with van der Waals surface area (Å²) in [6.07, 6.45) is 4.92. The van der Waals surface area contributed by atoms with E-state index < -0.39 is 0 Å². The maximum Gasteiger partial charge on any atom is 0.309 e. The number of nitrogens with zero attached hydrogens (tertiary/aromatic N) is 2. The minimum absolute atomic E-state index is 0.118. The molecule has 1 fully saturated rings. The molecule has 1 aliphatic carbocycles. The zero-order valence-corrected chi connectivity index (χ0v) is 12.8. The summed E-state index contributed by atoms with van der Waals surface area (Å²) in [6.45, 7) is 4.12. The van der Waals surface area contributed by atoms with Crippen LogP contribution in [0.1, 0.15) is 45.6 Å². The van der Waals surface area contributed by atoms with Crippen LogP contribution in [0.25, 0.3) is 0 Å². The van der Waals surface area contributed by atoms with E-state index in [9.17, 15) is 9.59 Å². The third-order valence-corrected chi connectivity index (χ3v) is 4.29. The summed E-state index contributed by atoms with van der Waals surface area (Å²) in [5, 5.41) is 7.16. The van der Waals surface area contributed by atoms with E-state index in [1.54, 1.807) is 16.9 Å². The van der Waals surface area contributed by atoms with Crippen molar-refractivity contribution in [3.63, 3.8) is 0 Å². The molecule has 0 radical (unpaired) electrons. The Bertz CT molecular complexity index is 512. The Morgan fingerprint density at radius 3 is 2.86 bits per heavy atom. The number of hydrogen-bond donors (Lipinski definition) is 1. The Labute approximate surface area is 124 Å². The van der Waals surface area contributed by atoms with E-state index in [2.05, 4.69) is 24.3 Å². The van der Waals surface area contributed by atoms with Crippen molar-refractivity contribution in [1.29, 1.82) is 0 Å². The first-order valence-electron chi connectivity index (χ1n) is 7.50. The average Bonchev–Trinajstić information content (AvgIpc) is 3.14. The highest BCUT2D eigenvalue weighted by molar-refractivity contribution is 5.95. The number of rotatable bonds is 5. The third-order valence-electron chi connectivity index (χ3n) is 4.29. The van der Waals surface area contributed by atoms with Crippen LogP contribution in [-0.4, -0.2) is 28.8 Å². The Morgan fingerprint density at radius 2 is 2.19 bits per heavy atom. The first-order valence-corrected chi connectivity index (χ1v) is 7.50. The van der Waals surface area contributed by atoms with Crippen LogP contribution in [0, 0.1) is 11.8 Å². The van der Waals surface area contributed by atoms with Gasteiger partial charge in [-0.15, -0.1) is 0 Å². The number of hydrogen-bond acceptors (Lipinski definition) is 4. The van der Waals surface area contributed by atoms with Gasteiger partial charge in [-0.05, 0) is 26.2 Å². The van der Waals surface area contributed by atoms with Gasteiger partial charge in [-0.2, -0.15) is 5.10 Å². The lowest BCUT2D eigenvalue weighted by molar-refractivity contribution is -0.148. The second-order valence-electron chi connectivity index (χ2n) is 5.57.